The van der Waals surface area contributed by atoms with E-state index in [9.17, 15) is 8.42 Å². The Balaban J connectivity index is 0.00000400. The van der Waals surface area contributed by atoms with Crippen molar-refractivity contribution < 1.29 is 8.42 Å². The normalized spacial score (nSPS) is 10.4. The summed E-state index contributed by atoms with van der Waals surface area (Å²) >= 11 is 0. The minimum atomic E-state index is -3.44. The Labute approximate surface area is 143 Å². The number of guanidine groups is 1. The first-order chi connectivity index (χ1) is 9.60. The number of aliphatic imine (C=N–C) groups is 1. The molecular formula is C13H23IN4O2S. The van der Waals surface area contributed by atoms with Crippen molar-refractivity contribution in [3.05, 3.63) is 30.3 Å². The van der Waals surface area contributed by atoms with E-state index in [1.54, 1.807) is 30.3 Å². The largest absolute Gasteiger partial charge is 0.357 e. The van der Waals surface area contributed by atoms with Crippen molar-refractivity contribution in [2.45, 2.75) is 18.7 Å². The molecule has 21 heavy (non-hydrogen) atoms. The lowest BCUT2D eigenvalue weighted by Crippen LogP contribution is -2.37. The highest BCUT2D eigenvalue weighted by molar-refractivity contribution is 14.0. The molecule has 0 saturated heterocycles. The van der Waals surface area contributed by atoms with Crippen molar-refractivity contribution in [2.75, 3.05) is 26.2 Å². The van der Waals surface area contributed by atoms with Crippen LogP contribution in [0.3, 0.4) is 0 Å². The Morgan fingerprint density at radius 3 is 2.19 bits per heavy atom. The number of halogens is 1. The van der Waals surface area contributed by atoms with Gasteiger partial charge in [0.1, 0.15) is 0 Å². The highest BCUT2D eigenvalue weighted by Crippen LogP contribution is 2.06. The first-order valence-electron chi connectivity index (χ1n) is 6.67. The molecule has 6 nitrogen and oxygen atoms in total. The van der Waals surface area contributed by atoms with E-state index >= 15 is 0 Å². The van der Waals surface area contributed by atoms with Crippen LogP contribution in [0.2, 0.25) is 0 Å². The fourth-order valence-electron chi connectivity index (χ4n) is 1.54. The van der Waals surface area contributed by atoms with Crippen molar-refractivity contribution in [1.29, 1.82) is 0 Å². The Bertz CT molecular complexity index is 512. The Morgan fingerprint density at radius 2 is 1.67 bits per heavy atom. The van der Waals surface area contributed by atoms with Gasteiger partial charge < -0.3 is 10.6 Å². The summed E-state index contributed by atoms with van der Waals surface area (Å²) < 4.78 is 26.4. The summed E-state index contributed by atoms with van der Waals surface area (Å²) in [4.78, 5) is 4.53. The molecule has 8 heteroatoms. The SMILES string of the molecule is CCNC(=NCCNS(=O)(=O)c1ccccc1)NCC.I. The zero-order valence-corrected chi connectivity index (χ0v) is 15.4. The number of hydrogen-bond acceptors (Lipinski definition) is 3. The molecule has 0 amide bonds. The van der Waals surface area contributed by atoms with E-state index < -0.39 is 10.0 Å². The van der Waals surface area contributed by atoms with Gasteiger partial charge in [0.15, 0.2) is 5.96 Å². The van der Waals surface area contributed by atoms with Gasteiger partial charge in [-0.25, -0.2) is 13.1 Å². The predicted octanol–water partition coefficient (Wildman–Crippen LogP) is 1.16. The molecule has 1 aromatic rings. The van der Waals surface area contributed by atoms with E-state index in [4.69, 9.17) is 0 Å². The summed E-state index contributed by atoms with van der Waals surface area (Å²) in [5, 5.41) is 6.15. The molecule has 0 heterocycles. The van der Waals surface area contributed by atoms with Crippen LogP contribution in [0, 0.1) is 0 Å². The molecule has 1 rings (SSSR count). The summed E-state index contributed by atoms with van der Waals surface area (Å²) in [6, 6.07) is 8.30. The standard InChI is InChI=1S/C13H22N4O2S.HI/c1-3-14-13(15-4-2)16-10-11-17-20(18,19)12-8-6-5-7-9-12;/h5-9,17H,3-4,10-11H2,1-2H3,(H2,14,15,16);1H. The summed E-state index contributed by atoms with van der Waals surface area (Å²) in [5.74, 6) is 0.689. The zero-order valence-electron chi connectivity index (χ0n) is 12.3. The summed E-state index contributed by atoms with van der Waals surface area (Å²) in [6.07, 6.45) is 0. The van der Waals surface area contributed by atoms with Gasteiger partial charge in [-0.2, -0.15) is 0 Å². The second kappa shape index (κ2) is 10.8. The molecule has 0 saturated carbocycles. The van der Waals surface area contributed by atoms with Gasteiger partial charge in [0.2, 0.25) is 10.0 Å². The Hall–Kier alpha value is -0.870. The van der Waals surface area contributed by atoms with Crippen molar-refractivity contribution >= 4 is 40.0 Å². The van der Waals surface area contributed by atoms with E-state index in [-0.39, 0.29) is 35.4 Å². The van der Waals surface area contributed by atoms with Gasteiger partial charge in [0, 0.05) is 19.6 Å². The minimum absolute atomic E-state index is 0. The smallest absolute Gasteiger partial charge is 0.240 e. The third-order valence-corrected chi connectivity index (χ3v) is 3.89. The molecule has 0 bridgehead atoms. The van der Waals surface area contributed by atoms with E-state index in [1.807, 2.05) is 13.8 Å². The molecule has 0 atom stereocenters. The van der Waals surface area contributed by atoms with E-state index in [0.717, 1.165) is 13.1 Å². The lowest BCUT2D eigenvalue weighted by molar-refractivity contribution is 0.582. The van der Waals surface area contributed by atoms with Crippen molar-refractivity contribution in [2.24, 2.45) is 4.99 Å². The van der Waals surface area contributed by atoms with Crippen LogP contribution in [0.1, 0.15) is 13.8 Å². The first-order valence-corrected chi connectivity index (χ1v) is 8.15. The molecule has 0 aliphatic heterocycles. The van der Waals surface area contributed by atoms with Crippen LogP contribution in [-0.4, -0.2) is 40.6 Å². The van der Waals surface area contributed by atoms with Crippen LogP contribution in [0.4, 0.5) is 0 Å². The van der Waals surface area contributed by atoms with Crippen molar-refractivity contribution in [3.8, 4) is 0 Å². The van der Waals surface area contributed by atoms with Gasteiger partial charge in [0.05, 0.1) is 11.4 Å². The summed E-state index contributed by atoms with van der Waals surface area (Å²) in [7, 11) is -3.44. The average Bonchev–Trinajstić information content (AvgIpc) is 2.45. The number of sulfonamides is 1. The van der Waals surface area contributed by atoms with Gasteiger partial charge in [-0.15, -0.1) is 24.0 Å². The summed E-state index contributed by atoms with van der Waals surface area (Å²) in [5.41, 5.74) is 0. The number of nitrogens with one attached hydrogen (secondary N) is 3. The molecule has 0 spiro atoms. The van der Waals surface area contributed by atoms with E-state index in [0.29, 0.717) is 12.5 Å². The number of rotatable bonds is 7. The molecule has 0 aliphatic rings. The van der Waals surface area contributed by atoms with Crippen LogP contribution < -0.4 is 15.4 Å². The lowest BCUT2D eigenvalue weighted by Gasteiger charge is -2.09. The maximum Gasteiger partial charge on any atom is 0.240 e. The van der Waals surface area contributed by atoms with Gasteiger partial charge in [0.25, 0.3) is 0 Å². The summed E-state index contributed by atoms with van der Waals surface area (Å²) in [6.45, 7) is 6.12. The molecular weight excluding hydrogens is 403 g/mol. The second-order valence-corrected chi connectivity index (χ2v) is 5.77. The fourth-order valence-corrected chi connectivity index (χ4v) is 2.58. The molecule has 120 valence electrons. The Morgan fingerprint density at radius 1 is 1.10 bits per heavy atom. The molecule has 3 N–H and O–H groups in total. The molecule has 0 unspecified atom stereocenters. The van der Waals surface area contributed by atoms with Gasteiger partial charge >= 0.3 is 0 Å². The third-order valence-electron chi connectivity index (χ3n) is 2.42. The number of hydrogen-bond donors (Lipinski definition) is 3. The fraction of sp³-hybridized carbons (Fsp3) is 0.462. The molecule has 0 aliphatic carbocycles. The van der Waals surface area contributed by atoms with Crippen LogP contribution >= 0.6 is 24.0 Å². The van der Waals surface area contributed by atoms with Gasteiger partial charge in [-0.3, -0.25) is 4.99 Å². The van der Waals surface area contributed by atoms with Gasteiger partial charge in [-0.05, 0) is 26.0 Å². The van der Waals surface area contributed by atoms with Crippen LogP contribution in [0.25, 0.3) is 0 Å². The highest BCUT2D eigenvalue weighted by atomic mass is 127. The van der Waals surface area contributed by atoms with Gasteiger partial charge in [-0.1, -0.05) is 18.2 Å². The zero-order chi connectivity index (χ0) is 14.8. The highest BCUT2D eigenvalue weighted by Gasteiger charge is 2.11. The van der Waals surface area contributed by atoms with E-state index in [1.165, 1.54) is 0 Å². The maximum atomic E-state index is 11.9. The lowest BCUT2D eigenvalue weighted by atomic mass is 10.4. The second-order valence-electron chi connectivity index (χ2n) is 4.00. The molecule has 0 radical (unpaired) electrons. The molecule has 1 aromatic carbocycles. The molecule has 0 fully saturated rings. The van der Waals surface area contributed by atoms with Crippen LogP contribution in [-0.2, 0) is 10.0 Å². The first kappa shape index (κ1) is 20.1. The average molecular weight is 426 g/mol. The topological polar surface area (TPSA) is 82.6 Å². The molecule has 0 aromatic heterocycles. The quantitative estimate of drug-likeness (QED) is 0.265. The predicted molar refractivity (Wildman–Crippen MR) is 96.7 cm³/mol. The minimum Gasteiger partial charge on any atom is -0.357 e. The van der Waals surface area contributed by atoms with Crippen LogP contribution in [0.15, 0.2) is 40.2 Å². The Kier molecular flexibility index (Phi) is 10.4. The van der Waals surface area contributed by atoms with Crippen LogP contribution in [0.5, 0.6) is 0 Å². The van der Waals surface area contributed by atoms with E-state index in [2.05, 4.69) is 20.3 Å². The van der Waals surface area contributed by atoms with Crippen molar-refractivity contribution in [3.63, 3.8) is 0 Å². The maximum absolute atomic E-state index is 11.9. The monoisotopic (exact) mass is 426 g/mol. The van der Waals surface area contributed by atoms with Crippen molar-refractivity contribution in [1.82, 2.24) is 15.4 Å². The number of benzene rings is 1. The third kappa shape index (κ3) is 7.63. The number of nitrogens with zero attached hydrogens (tertiary/aromatic N) is 1.